The maximum Gasteiger partial charge on any atom is 0.318 e. The fourth-order valence-electron chi connectivity index (χ4n) is 5.07. The van der Waals surface area contributed by atoms with Crippen LogP contribution in [0.1, 0.15) is 38.1 Å². The molecule has 1 spiro atoms. The first-order valence-electron chi connectivity index (χ1n) is 10.3. The Morgan fingerprint density at radius 3 is 2.57 bits per heavy atom. The maximum atomic E-state index is 13.1. The Kier molecular flexibility index (Phi) is 4.92. The third-order valence-electron chi connectivity index (χ3n) is 6.43. The Morgan fingerprint density at radius 1 is 1.30 bits per heavy atom. The van der Waals surface area contributed by atoms with E-state index in [1.165, 1.54) is 0 Å². The number of hydrogen-bond acceptors (Lipinski definition) is 4. The molecule has 2 aromatic rings. The molecular weight excluding hydrogens is 384 g/mol. The Balaban J connectivity index is 1.91. The van der Waals surface area contributed by atoms with Crippen LogP contribution < -0.4 is 10.1 Å². The van der Waals surface area contributed by atoms with Gasteiger partial charge in [-0.1, -0.05) is 0 Å². The van der Waals surface area contributed by atoms with Crippen molar-refractivity contribution in [3.05, 3.63) is 29.5 Å². The summed E-state index contributed by atoms with van der Waals surface area (Å²) in [5.41, 5.74) is 2.70. The van der Waals surface area contributed by atoms with Crippen LogP contribution in [0.2, 0.25) is 0 Å². The predicted molar refractivity (Wildman–Crippen MR) is 114 cm³/mol. The summed E-state index contributed by atoms with van der Waals surface area (Å²) in [7, 11) is 3.60. The van der Waals surface area contributed by atoms with Gasteiger partial charge in [0.1, 0.15) is 5.75 Å². The zero-order valence-corrected chi connectivity index (χ0v) is 18.2. The first kappa shape index (κ1) is 20.5. The number of aromatic nitrogens is 1. The Labute approximate surface area is 176 Å². The zero-order valence-electron chi connectivity index (χ0n) is 18.2. The quantitative estimate of drug-likeness (QED) is 0.801. The van der Waals surface area contributed by atoms with Gasteiger partial charge in [0, 0.05) is 56.8 Å². The van der Waals surface area contributed by atoms with E-state index in [1.807, 2.05) is 44.0 Å². The molecule has 3 amide bonds. The van der Waals surface area contributed by atoms with E-state index in [1.54, 1.807) is 18.9 Å². The van der Waals surface area contributed by atoms with E-state index in [0.29, 0.717) is 19.6 Å². The van der Waals surface area contributed by atoms with E-state index < -0.39 is 6.04 Å². The average molecular weight is 415 g/mol. The Hall–Kier alpha value is -2.74. The highest BCUT2D eigenvalue weighted by molar-refractivity contribution is 5.90. The standard InChI is InChI=1S/C22H30N4O4/c1-13(2)23-21(29)26-12-22(10-25(11-22)14(3)28)19-16-7-6-15(30-5)8-17(16)24(4)20(19)18(26)9-27/h6-8,13,18,27H,9-12H2,1-5H3,(H,23,29)/t18-/m1/s1. The van der Waals surface area contributed by atoms with E-state index >= 15 is 0 Å². The van der Waals surface area contributed by atoms with E-state index in [9.17, 15) is 14.7 Å². The van der Waals surface area contributed by atoms with Gasteiger partial charge in [0.25, 0.3) is 0 Å². The summed E-state index contributed by atoms with van der Waals surface area (Å²) >= 11 is 0. The number of aryl methyl sites for hydroxylation is 1. The molecule has 0 saturated carbocycles. The lowest BCUT2D eigenvalue weighted by atomic mass is 9.68. The van der Waals surface area contributed by atoms with Crippen LogP contribution in [0.5, 0.6) is 5.75 Å². The molecular formula is C22H30N4O4. The highest BCUT2D eigenvalue weighted by Crippen LogP contribution is 2.49. The van der Waals surface area contributed by atoms with Crippen molar-refractivity contribution in [2.45, 2.75) is 38.3 Å². The number of rotatable bonds is 3. The SMILES string of the molecule is COc1ccc2c3c(n(C)c2c1)[C@@H](CO)N(C(=O)NC(C)C)CC31CN(C(C)=O)C1. The number of likely N-dealkylation sites (tertiary alicyclic amines) is 1. The second-order valence-corrected chi connectivity index (χ2v) is 8.79. The number of urea groups is 1. The third-order valence-corrected chi connectivity index (χ3v) is 6.43. The van der Waals surface area contributed by atoms with E-state index in [2.05, 4.69) is 9.88 Å². The van der Waals surface area contributed by atoms with Crippen LogP contribution in [0.3, 0.4) is 0 Å². The summed E-state index contributed by atoms with van der Waals surface area (Å²) in [5, 5.41) is 14.4. The number of carbonyl (C=O) groups is 2. The van der Waals surface area contributed by atoms with Crippen molar-refractivity contribution in [3.8, 4) is 5.75 Å². The summed E-state index contributed by atoms with van der Waals surface area (Å²) in [5.74, 6) is 0.787. The molecule has 3 heterocycles. The number of aliphatic hydroxyl groups excluding tert-OH is 1. The highest BCUT2D eigenvalue weighted by Gasteiger charge is 2.55. The number of ether oxygens (including phenoxy) is 1. The van der Waals surface area contributed by atoms with Gasteiger partial charge in [0.15, 0.2) is 0 Å². The monoisotopic (exact) mass is 414 g/mol. The van der Waals surface area contributed by atoms with Gasteiger partial charge in [-0.25, -0.2) is 4.79 Å². The summed E-state index contributed by atoms with van der Waals surface area (Å²) < 4.78 is 7.47. The van der Waals surface area contributed by atoms with Crippen molar-refractivity contribution < 1.29 is 19.4 Å². The first-order valence-corrected chi connectivity index (χ1v) is 10.3. The van der Waals surface area contributed by atoms with Crippen molar-refractivity contribution in [1.29, 1.82) is 0 Å². The van der Waals surface area contributed by atoms with Crippen LogP contribution in [-0.2, 0) is 17.3 Å². The van der Waals surface area contributed by atoms with E-state index in [0.717, 1.165) is 27.9 Å². The molecule has 0 bridgehead atoms. The number of benzene rings is 1. The van der Waals surface area contributed by atoms with Crippen LogP contribution in [0.4, 0.5) is 4.79 Å². The predicted octanol–water partition coefficient (Wildman–Crippen LogP) is 1.75. The number of fused-ring (bicyclic) bond motifs is 4. The molecule has 1 atom stereocenters. The number of methoxy groups -OCH3 is 1. The molecule has 2 aliphatic heterocycles. The lowest BCUT2D eigenvalue weighted by Crippen LogP contribution is -2.68. The third kappa shape index (κ3) is 2.93. The topological polar surface area (TPSA) is 87.0 Å². The number of nitrogens with one attached hydrogen (secondary N) is 1. The molecule has 2 aliphatic rings. The smallest absolute Gasteiger partial charge is 0.318 e. The van der Waals surface area contributed by atoms with Gasteiger partial charge in [0.2, 0.25) is 5.91 Å². The number of nitrogens with zero attached hydrogens (tertiary/aromatic N) is 3. The molecule has 1 aromatic carbocycles. The number of hydrogen-bond donors (Lipinski definition) is 2. The molecule has 1 aromatic heterocycles. The van der Waals surface area contributed by atoms with Crippen LogP contribution in [0.25, 0.3) is 10.9 Å². The van der Waals surface area contributed by atoms with Gasteiger partial charge < -0.3 is 29.5 Å². The van der Waals surface area contributed by atoms with Gasteiger partial charge in [-0.15, -0.1) is 0 Å². The van der Waals surface area contributed by atoms with Gasteiger partial charge in [-0.05, 0) is 31.5 Å². The largest absolute Gasteiger partial charge is 0.497 e. The van der Waals surface area contributed by atoms with Crippen molar-refractivity contribution in [2.24, 2.45) is 7.05 Å². The van der Waals surface area contributed by atoms with Crippen molar-refractivity contribution in [3.63, 3.8) is 0 Å². The normalized spacial score (nSPS) is 19.8. The summed E-state index contributed by atoms with van der Waals surface area (Å²) in [6.45, 7) is 6.81. The number of carbonyl (C=O) groups excluding carboxylic acids is 2. The van der Waals surface area contributed by atoms with E-state index in [-0.39, 0.29) is 30.0 Å². The lowest BCUT2D eigenvalue weighted by Gasteiger charge is -2.56. The fourth-order valence-corrected chi connectivity index (χ4v) is 5.07. The molecule has 1 saturated heterocycles. The van der Waals surface area contributed by atoms with Gasteiger partial charge in [-0.2, -0.15) is 0 Å². The van der Waals surface area contributed by atoms with Crippen LogP contribution in [0.15, 0.2) is 18.2 Å². The maximum absolute atomic E-state index is 13.1. The molecule has 0 aliphatic carbocycles. The molecule has 2 N–H and O–H groups in total. The van der Waals surface area contributed by atoms with Crippen LogP contribution in [0, 0.1) is 0 Å². The fraction of sp³-hybridized carbons (Fsp3) is 0.545. The Bertz CT molecular complexity index is 1010. The molecule has 30 heavy (non-hydrogen) atoms. The minimum absolute atomic E-state index is 0.0129. The summed E-state index contributed by atoms with van der Waals surface area (Å²) in [6, 6.07) is 5.29. The van der Waals surface area contributed by atoms with Crippen LogP contribution >= 0.6 is 0 Å². The molecule has 8 nitrogen and oxygen atoms in total. The van der Waals surface area contributed by atoms with E-state index in [4.69, 9.17) is 4.74 Å². The average Bonchev–Trinajstić information content (AvgIpc) is 2.97. The highest BCUT2D eigenvalue weighted by atomic mass is 16.5. The van der Waals surface area contributed by atoms with Crippen molar-refractivity contribution >= 4 is 22.8 Å². The zero-order chi connectivity index (χ0) is 21.8. The van der Waals surface area contributed by atoms with Crippen molar-refractivity contribution in [1.82, 2.24) is 19.7 Å². The molecule has 4 rings (SSSR count). The molecule has 1 fully saturated rings. The van der Waals surface area contributed by atoms with Crippen molar-refractivity contribution in [2.75, 3.05) is 33.4 Å². The molecule has 8 heteroatoms. The minimum Gasteiger partial charge on any atom is -0.497 e. The van der Waals surface area contributed by atoms with Gasteiger partial charge >= 0.3 is 6.03 Å². The molecule has 0 radical (unpaired) electrons. The Morgan fingerprint density at radius 2 is 2.00 bits per heavy atom. The number of amides is 3. The summed E-state index contributed by atoms with van der Waals surface area (Å²) in [4.78, 5) is 28.6. The molecule has 162 valence electrons. The summed E-state index contributed by atoms with van der Waals surface area (Å²) in [6.07, 6.45) is 0. The number of aliphatic hydroxyl groups is 1. The van der Waals surface area contributed by atoms with Gasteiger partial charge in [0.05, 0.1) is 30.7 Å². The second kappa shape index (κ2) is 7.19. The first-order chi connectivity index (χ1) is 14.2. The second-order valence-electron chi connectivity index (χ2n) is 8.79. The lowest BCUT2D eigenvalue weighted by molar-refractivity contribution is -0.137. The van der Waals surface area contributed by atoms with Gasteiger partial charge in [-0.3, -0.25) is 4.79 Å². The van der Waals surface area contributed by atoms with Crippen LogP contribution in [-0.4, -0.2) is 70.8 Å². The minimum atomic E-state index is -0.459. The molecule has 0 unspecified atom stereocenters.